The Labute approximate surface area is 104 Å². The molecule has 2 aliphatic rings. The van der Waals surface area contributed by atoms with E-state index in [1.807, 2.05) is 0 Å². The summed E-state index contributed by atoms with van der Waals surface area (Å²) in [6.45, 7) is 2.87. The number of fused-ring (bicyclic) bond motifs is 2. The van der Waals surface area contributed by atoms with E-state index in [4.69, 9.17) is 23.7 Å². The van der Waals surface area contributed by atoms with Gasteiger partial charge in [-0.15, -0.1) is 0 Å². The van der Waals surface area contributed by atoms with Crippen LogP contribution in [-0.4, -0.2) is 56.4 Å². The Morgan fingerprint density at radius 3 is 2.28 bits per heavy atom. The number of carbonyl (C=O) groups is 2. The molecule has 0 saturated carbocycles. The van der Waals surface area contributed by atoms with Crippen LogP contribution in [0.3, 0.4) is 0 Å². The van der Waals surface area contributed by atoms with Crippen LogP contribution in [0.4, 0.5) is 0 Å². The highest BCUT2D eigenvalue weighted by molar-refractivity contribution is 5.67. The van der Waals surface area contributed by atoms with Crippen LogP contribution >= 0.6 is 0 Å². The van der Waals surface area contributed by atoms with Crippen molar-refractivity contribution in [1.82, 2.24) is 0 Å². The van der Waals surface area contributed by atoms with Crippen LogP contribution in [0.15, 0.2) is 0 Å². The summed E-state index contributed by atoms with van der Waals surface area (Å²) in [6.07, 6.45) is -2.97. The minimum absolute atomic E-state index is 0.278. The van der Waals surface area contributed by atoms with Gasteiger partial charge in [0.1, 0.15) is 12.2 Å². The molecule has 0 aliphatic carbocycles. The van der Waals surface area contributed by atoms with E-state index < -0.39 is 42.6 Å². The second-order valence-electron chi connectivity index (χ2n) is 4.22. The van der Waals surface area contributed by atoms with Crippen LogP contribution < -0.4 is 0 Å². The second kappa shape index (κ2) is 5.21. The Kier molecular flexibility index (Phi) is 3.84. The van der Waals surface area contributed by atoms with Gasteiger partial charge in [0.2, 0.25) is 0 Å². The SMILES string of the molecule is CO[C@@H]1O[C@H]2CO[C@@H]([C@@H]1OC(C)=O)[C@H]2OC(C)=O. The summed E-state index contributed by atoms with van der Waals surface area (Å²) in [5.74, 6) is -0.900. The van der Waals surface area contributed by atoms with Gasteiger partial charge in [-0.3, -0.25) is 9.59 Å². The van der Waals surface area contributed by atoms with Crippen molar-refractivity contribution >= 4 is 11.9 Å². The van der Waals surface area contributed by atoms with E-state index in [1.54, 1.807) is 0 Å². The molecule has 5 atom stereocenters. The van der Waals surface area contributed by atoms with Crippen LogP contribution in [-0.2, 0) is 33.3 Å². The van der Waals surface area contributed by atoms with Gasteiger partial charge < -0.3 is 23.7 Å². The third-order valence-corrected chi connectivity index (χ3v) is 2.88. The Morgan fingerprint density at radius 2 is 1.72 bits per heavy atom. The van der Waals surface area contributed by atoms with Gasteiger partial charge in [0, 0.05) is 21.0 Å². The van der Waals surface area contributed by atoms with Crippen molar-refractivity contribution in [1.29, 1.82) is 0 Å². The Balaban J connectivity index is 2.14. The summed E-state index contributed by atoms with van der Waals surface area (Å²) in [7, 11) is 1.45. The molecule has 102 valence electrons. The zero-order valence-electron chi connectivity index (χ0n) is 10.5. The smallest absolute Gasteiger partial charge is 0.303 e. The molecule has 2 heterocycles. The molecule has 0 amide bonds. The molecule has 0 aromatic rings. The molecular weight excluding hydrogens is 244 g/mol. The number of hydrogen-bond acceptors (Lipinski definition) is 7. The molecule has 2 bridgehead atoms. The van der Waals surface area contributed by atoms with Crippen molar-refractivity contribution in [2.75, 3.05) is 13.7 Å². The zero-order valence-corrected chi connectivity index (χ0v) is 10.5. The summed E-state index contributed by atoms with van der Waals surface area (Å²) in [5, 5.41) is 0. The van der Waals surface area contributed by atoms with Gasteiger partial charge in [-0.25, -0.2) is 0 Å². The quantitative estimate of drug-likeness (QED) is 0.640. The first-order valence-corrected chi connectivity index (χ1v) is 5.67. The lowest BCUT2D eigenvalue weighted by Gasteiger charge is -2.37. The van der Waals surface area contributed by atoms with Gasteiger partial charge in [-0.1, -0.05) is 0 Å². The summed E-state index contributed by atoms with van der Waals surface area (Å²) < 4.78 is 26.4. The largest absolute Gasteiger partial charge is 0.457 e. The molecule has 0 aromatic heterocycles. The lowest BCUT2D eigenvalue weighted by atomic mass is 10.0. The van der Waals surface area contributed by atoms with Crippen molar-refractivity contribution in [3.05, 3.63) is 0 Å². The number of esters is 2. The maximum absolute atomic E-state index is 11.1. The summed E-state index contributed by atoms with van der Waals surface area (Å²) >= 11 is 0. The maximum atomic E-state index is 11.1. The van der Waals surface area contributed by atoms with E-state index in [9.17, 15) is 9.59 Å². The van der Waals surface area contributed by atoms with Gasteiger partial charge >= 0.3 is 11.9 Å². The van der Waals surface area contributed by atoms with E-state index >= 15 is 0 Å². The van der Waals surface area contributed by atoms with Crippen molar-refractivity contribution in [3.8, 4) is 0 Å². The van der Waals surface area contributed by atoms with Crippen LogP contribution in [0.2, 0.25) is 0 Å². The lowest BCUT2D eigenvalue weighted by molar-refractivity contribution is -0.262. The molecule has 2 aliphatic heterocycles. The fourth-order valence-electron chi connectivity index (χ4n) is 2.25. The van der Waals surface area contributed by atoms with E-state index in [0.717, 1.165) is 0 Å². The number of hydrogen-bond donors (Lipinski definition) is 0. The topological polar surface area (TPSA) is 80.3 Å². The first-order chi connectivity index (χ1) is 8.52. The molecule has 7 heteroatoms. The van der Waals surface area contributed by atoms with Gasteiger partial charge in [0.05, 0.1) is 6.61 Å². The number of methoxy groups -OCH3 is 1. The van der Waals surface area contributed by atoms with Crippen LogP contribution in [0.5, 0.6) is 0 Å². The predicted octanol–water partition coefficient (Wildman–Crippen LogP) is -0.380. The molecule has 0 aromatic carbocycles. The predicted molar refractivity (Wildman–Crippen MR) is 56.5 cm³/mol. The van der Waals surface area contributed by atoms with Gasteiger partial charge in [0.25, 0.3) is 0 Å². The van der Waals surface area contributed by atoms with Crippen molar-refractivity contribution in [3.63, 3.8) is 0 Å². The highest BCUT2D eigenvalue weighted by Crippen LogP contribution is 2.33. The Hall–Kier alpha value is -1.18. The number of rotatable bonds is 3. The molecule has 18 heavy (non-hydrogen) atoms. The summed E-state index contributed by atoms with van der Waals surface area (Å²) in [6, 6.07) is 0. The Bertz CT molecular complexity index is 342. The molecular formula is C11H16O7. The monoisotopic (exact) mass is 260 g/mol. The maximum Gasteiger partial charge on any atom is 0.303 e. The molecule has 7 nitrogen and oxygen atoms in total. The minimum Gasteiger partial charge on any atom is -0.457 e. The van der Waals surface area contributed by atoms with Gasteiger partial charge in [0.15, 0.2) is 18.5 Å². The second-order valence-corrected chi connectivity index (χ2v) is 4.22. The standard InChI is InChI=1S/C11H16O7/c1-5(12)16-8-7-4-15-9(8)10(17-6(2)13)11(14-3)18-7/h7-11H,4H2,1-3H3/t7-,8-,9+,10-,11+/m0/s1. The molecule has 0 radical (unpaired) electrons. The van der Waals surface area contributed by atoms with Gasteiger partial charge in [-0.2, -0.15) is 0 Å². The fourth-order valence-corrected chi connectivity index (χ4v) is 2.25. The normalized spacial score (nSPS) is 38.3. The van der Waals surface area contributed by atoms with Gasteiger partial charge in [-0.05, 0) is 0 Å². The first-order valence-electron chi connectivity index (χ1n) is 5.67. The first kappa shape index (κ1) is 13.3. The number of ether oxygens (including phenoxy) is 5. The molecule has 2 rings (SSSR count). The summed E-state index contributed by atoms with van der Waals surface area (Å²) in [5.41, 5.74) is 0. The van der Waals surface area contributed by atoms with E-state index in [0.29, 0.717) is 0 Å². The van der Waals surface area contributed by atoms with E-state index in [-0.39, 0.29) is 6.61 Å². The minimum atomic E-state index is -0.740. The fraction of sp³-hybridized carbons (Fsp3) is 0.818. The molecule has 0 spiro atoms. The lowest BCUT2D eigenvalue weighted by Crippen LogP contribution is -2.56. The highest BCUT2D eigenvalue weighted by atomic mass is 16.7. The Morgan fingerprint density at radius 1 is 1.11 bits per heavy atom. The summed E-state index contributed by atoms with van der Waals surface area (Å²) in [4.78, 5) is 22.1. The van der Waals surface area contributed by atoms with Crippen molar-refractivity contribution in [2.24, 2.45) is 0 Å². The number of carbonyl (C=O) groups excluding carboxylic acids is 2. The molecule has 2 fully saturated rings. The molecule has 0 unspecified atom stereocenters. The molecule has 0 N–H and O–H groups in total. The third-order valence-electron chi connectivity index (χ3n) is 2.88. The molecule has 2 saturated heterocycles. The van der Waals surface area contributed by atoms with E-state index in [2.05, 4.69) is 0 Å². The van der Waals surface area contributed by atoms with Crippen molar-refractivity contribution in [2.45, 2.75) is 44.6 Å². The zero-order chi connectivity index (χ0) is 13.3. The van der Waals surface area contributed by atoms with Crippen LogP contribution in [0.25, 0.3) is 0 Å². The van der Waals surface area contributed by atoms with Crippen LogP contribution in [0.1, 0.15) is 13.8 Å². The average Bonchev–Trinajstić information content (AvgIpc) is 2.55. The third kappa shape index (κ3) is 2.47. The highest BCUT2D eigenvalue weighted by Gasteiger charge is 2.55. The van der Waals surface area contributed by atoms with Crippen LogP contribution in [0, 0.1) is 0 Å². The van der Waals surface area contributed by atoms with E-state index in [1.165, 1.54) is 21.0 Å². The average molecular weight is 260 g/mol. The van der Waals surface area contributed by atoms with Crippen molar-refractivity contribution < 1.29 is 33.3 Å².